The van der Waals surface area contributed by atoms with Gasteiger partial charge in [0.05, 0.1) is 7.11 Å². The molecule has 3 nitrogen and oxygen atoms in total. The molecule has 0 radical (unpaired) electrons. The molecule has 1 aliphatic rings. The van der Waals surface area contributed by atoms with Gasteiger partial charge in [0.15, 0.2) is 0 Å². The van der Waals surface area contributed by atoms with E-state index in [1.165, 1.54) is 24.8 Å². The summed E-state index contributed by atoms with van der Waals surface area (Å²) in [5, 5.41) is 3.58. The molecule has 3 N–H and O–H groups in total. The van der Waals surface area contributed by atoms with Crippen LogP contribution in [0.5, 0.6) is 5.75 Å². The van der Waals surface area contributed by atoms with Gasteiger partial charge in [0.2, 0.25) is 0 Å². The van der Waals surface area contributed by atoms with Crippen LogP contribution in [0.15, 0.2) is 24.3 Å². The van der Waals surface area contributed by atoms with Crippen LogP contribution in [0.1, 0.15) is 31.2 Å². The molecule has 0 aromatic heterocycles. The van der Waals surface area contributed by atoms with Gasteiger partial charge in [-0.1, -0.05) is 18.6 Å². The molecule has 0 spiro atoms. The molecule has 94 valence electrons. The van der Waals surface area contributed by atoms with Crippen LogP contribution in [0, 0.1) is 0 Å². The van der Waals surface area contributed by atoms with Crippen molar-refractivity contribution in [3.63, 3.8) is 0 Å². The maximum Gasteiger partial charge on any atom is 0.119 e. The first kappa shape index (κ1) is 12.4. The van der Waals surface area contributed by atoms with Crippen molar-refractivity contribution in [1.29, 1.82) is 0 Å². The summed E-state index contributed by atoms with van der Waals surface area (Å²) in [7, 11) is 1.70. The molecule has 3 heteroatoms. The molecule has 1 aromatic carbocycles. The van der Waals surface area contributed by atoms with E-state index < -0.39 is 0 Å². The Kier molecular flexibility index (Phi) is 4.40. The lowest BCUT2D eigenvalue weighted by molar-refractivity contribution is 0.338. The molecule has 0 bridgehead atoms. The molecule has 0 heterocycles. The maximum absolute atomic E-state index is 5.98. The van der Waals surface area contributed by atoms with Crippen molar-refractivity contribution in [2.75, 3.05) is 7.11 Å². The molecule has 0 saturated heterocycles. The first-order valence-electron chi connectivity index (χ1n) is 6.40. The summed E-state index contributed by atoms with van der Waals surface area (Å²) in [4.78, 5) is 0. The highest BCUT2D eigenvalue weighted by molar-refractivity contribution is 5.28. The largest absolute Gasteiger partial charge is 0.497 e. The summed E-state index contributed by atoms with van der Waals surface area (Å²) in [5.74, 6) is 0.921. The first-order valence-corrected chi connectivity index (χ1v) is 6.40. The third kappa shape index (κ3) is 3.72. The number of nitrogens with two attached hydrogens (primary N) is 1. The number of rotatable bonds is 4. The second kappa shape index (κ2) is 6.03. The van der Waals surface area contributed by atoms with Gasteiger partial charge in [-0.05, 0) is 37.0 Å². The van der Waals surface area contributed by atoms with Crippen LogP contribution in [-0.2, 0) is 6.54 Å². The van der Waals surface area contributed by atoms with Gasteiger partial charge in [-0.3, -0.25) is 0 Å². The molecule has 0 amide bonds. The monoisotopic (exact) mass is 234 g/mol. The second-order valence-electron chi connectivity index (χ2n) is 4.86. The summed E-state index contributed by atoms with van der Waals surface area (Å²) in [6.45, 7) is 0.897. The third-order valence-corrected chi connectivity index (χ3v) is 3.44. The lowest BCUT2D eigenvalue weighted by atomic mass is 9.91. The van der Waals surface area contributed by atoms with Crippen molar-refractivity contribution in [1.82, 2.24) is 5.32 Å². The lowest BCUT2D eigenvalue weighted by Crippen LogP contribution is -2.39. The van der Waals surface area contributed by atoms with Gasteiger partial charge < -0.3 is 15.8 Å². The summed E-state index contributed by atoms with van der Waals surface area (Å²) < 4.78 is 5.22. The van der Waals surface area contributed by atoms with Gasteiger partial charge in [-0.2, -0.15) is 0 Å². The molecule has 0 aliphatic heterocycles. The van der Waals surface area contributed by atoms with E-state index in [-0.39, 0.29) is 0 Å². The number of methoxy groups -OCH3 is 1. The Morgan fingerprint density at radius 3 is 3.06 bits per heavy atom. The fourth-order valence-electron chi connectivity index (χ4n) is 2.46. The Bertz CT molecular complexity index is 354. The predicted octanol–water partition coefficient (Wildman–Crippen LogP) is 2.05. The van der Waals surface area contributed by atoms with E-state index in [0.717, 1.165) is 18.7 Å². The van der Waals surface area contributed by atoms with Crippen molar-refractivity contribution in [3.8, 4) is 5.75 Å². The van der Waals surface area contributed by atoms with E-state index in [0.29, 0.717) is 12.1 Å². The quantitative estimate of drug-likeness (QED) is 0.838. The molecule has 1 aromatic rings. The van der Waals surface area contributed by atoms with Gasteiger partial charge in [-0.15, -0.1) is 0 Å². The fraction of sp³-hybridized carbons (Fsp3) is 0.571. The lowest BCUT2D eigenvalue weighted by Gasteiger charge is -2.27. The fourth-order valence-corrected chi connectivity index (χ4v) is 2.46. The van der Waals surface area contributed by atoms with Crippen LogP contribution in [0.25, 0.3) is 0 Å². The van der Waals surface area contributed by atoms with Crippen LogP contribution >= 0.6 is 0 Å². The van der Waals surface area contributed by atoms with E-state index in [9.17, 15) is 0 Å². The van der Waals surface area contributed by atoms with Crippen LogP contribution in [0.2, 0.25) is 0 Å². The number of benzene rings is 1. The van der Waals surface area contributed by atoms with Crippen LogP contribution in [0.4, 0.5) is 0 Å². The Morgan fingerprint density at radius 2 is 2.29 bits per heavy atom. The van der Waals surface area contributed by atoms with Crippen molar-refractivity contribution < 1.29 is 4.74 Å². The standard InChI is InChI=1S/C14H22N2O/c1-17-14-7-2-4-11(8-14)10-16-13-6-3-5-12(15)9-13/h2,4,7-8,12-13,16H,3,5-6,9-10,15H2,1H3. The summed E-state index contributed by atoms with van der Waals surface area (Å²) in [6.07, 6.45) is 4.77. The Balaban J connectivity index is 1.84. The zero-order valence-corrected chi connectivity index (χ0v) is 10.5. The van der Waals surface area contributed by atoms with Gasteiger partial charge in [0.25, 0.3) is 0 Å². The van der Waals surface area contributed by atoms with Crippen LogP contribution in [-0.4, -0.2) is 19.2 Å². The molecular weight excluding hydrogens is 212 g/mol. The Hall–Kier alpha value is -1.06. The molecule has 1 aliphatic carbocycles. The normalized spacial score (nSPS) is 24.6. The van der Waals surface area contributed by atoms with Gasteiger partial charge in [0.1, 0.15) is 5.75 Å². The molecule has 1 fully saturated rings. The van der Waals surface area contributed by atoms with Gasteiger partial charge in [-0.25, -0.2) is 0 Å². The topological polar surface area (TPSA) is 47.3 Å². The summed E-state index contributed by atoms with van der Waals surface area (Å²) in [6, 6.07) is 9.16. The Labute approximate surface area is 103 Å². The highest BCUT2D eigenvalue weighted by atomic mass is 16.5. The second-order valence-corrected chi connectivity index (χ2v) is 4.86. The SMILES string of the molecule is COc1cccc(CNC2CCCC(N)C2)c1. The molecule has 17 heavy (non-hydrogen) atoms. The van der Waals surface area contributed by atoms with E-state index in [1.807, 2.05) is 12.1 Å². The predicted molar refractivity (Wildman–Crippen MR) is 70.1 cm³/mol. The molecule has 1 saturated carbocycles. The minimum atomic E-state index is 0.381. The molecule has 2 atom stereocenters. The minimum Gasteiger partial charge on any atom is -0.497 e. The number of hydrogen-bond acceptors (Lipinski definition) is 3. The van der Waals surface area contributed by atoms with E-state index in [1.54, 1.807) is 7.11 Å². The first-order chi connectivity index (χ1) is 8.28. The highest BCUT2D eigenvalue weighted by Gasteiger charge is 2.18. The van der Waals surface area contributed by atoms with Crippen molar-refractivity contribution in [2.45, 2.75) is 44.3 Å². The number of hydrogen-bond donors (Lipinski definition) is 2. The third-order valence-electron chi connectivity index (χ3n) is 3.44. The van der Waals surface area contributed by atoms with Gasteiger partial charge >= 0.3 is 0 Å². The molecular formula is C14H22N2O. The average molecular weight is 234 g/mol. The zero-order valence-electron chi connectivity index (χ0n) is 10.5. The summed E-state index contributed by atoms with van der Waals surface area (Å²) >= 11 is 0. The van der Waals surface area contributed by atoms with E-state index >= 15 is 0 Å². The highest BCUT2D eigenvalue weighted by Crippen LogP contribution is 2.18. The molecule has 2 rings (SSSR count). The smallest absolute Gasteiger partial charge is 0.119 e. The van der Waals surface area contributed by atoms with E-state index in [4.69, 9.17) is 10.5 Å². The van der Waals surface area contributed by atoms with Gasteiger partial charge in [0, 0.05) is 18.6 Å². The maximum atomic E-state index is 5.98. The minimum absolute atomic E-state index is 0.381. The number of ether oxygens (including phenoxy) is 1. The average Bonchev–Trinajstić information content (AvgIpc) is 2.37. The molecule has 2 unspecified atom stereocenters. The van der Waals surface area contributed by atoms with Crippen molar-refractivity contribution >= 4 is 0 Å². The number of nitrogens with one attached hydrogen (secondary N) is 1. The zero-order chi connectivity index (χ0) is 12.1. The Morgan fingerprint density at radius 1 is 1.41 bits per heavy atom. The van der Waals surface area contributed by atoms with Crippen molar-refractivity contribution in [3.05, 3.63) is 29.8 Å². The summed E-state index contributed by atoms with van der Waals surface area (Å²) in [5.41, 5.74) is 7.25. The van der Waals surface area contributed by atoms with E-state index in [2.05, 4.69) is 17.4 Å². The van der Waals surface area contributed by atoms with Crippen LogP contribution in [0.3, 0.4) is 0 Å². The van der Waals surface area contributed by atoms with Crippen molar-refractivity contribution in [2.24, 2.45) is 5.73 Å². The van der Waals surface area contributed by atoms with Crippen LogP contribution < -0.4 is 15.8 Å².